The number of hydrogen-bond acceptors (Lipinski definition) is 5. The summed E-state index contributed by atoms with van der Waals surface area (Å²) in [7, 11) is 1.54. The van der Waals surface area contributed by atoms with E-state index >= 15 is 0 Å². The number of benzene rings is 3. The van der Waals surface area contributed by atoms with Crippen LogP contribution in [0.15, 0.2) is 76.3 Å². The van der Waals surface area contributed by atoms with Gasteiger partial charge in [-0.25, -0.2) is 5.43 Å². The molecule has 0 radical (unpaired) electrons. The van der Waals surface area contributed by atoms with Gasteiger partial charge in [-0.2, -0.15) is 5.10 Å². The van der Waals surface area contributed by atoms with Gasteiger partial charge in [0.05, 0.1) is 13.3 Å². The molecule has 3 aromatic carbocycles. The van der Waals surface area contributed by atoms with E-state index in [1.165, 1.54) is 6.21 Å². The lowest BCUT2D eigenvalue weighted by Crippen LogP contribution is -2.32. The van der Waals surface area contributed by atoms with Crippen LogP contribution in [-0.4, -0.2) is 25.1 Å². The first-order valence-corrected chi connectivity index (χ1v) is 11.1. The summed E-state index contributed by atoms with van der Waals surface area (Å²) in [5, 5.41) is 6.39. The minimum Gasteiger partial charge on any atom is -0.493 e. The lowest BCUT2D eigenvalue weighted by atomic mass is 10.1. The van der Waals surface area contributed by atoms with E-state index < -0.39 is 11.8 Å². The van der Waals surface area contributed by atoms with Crippen LogP contribution in [0.3, 0.4) is 0 Å². The van der Waals surface area contributed by atoms with Crippen molar-refractivity contribution in [3.05, 3.63) is 87.9 Å². The molecule has 0 bridgehead atoms. The molecule has 33 heavy (non-hydrogen) atoms. The van der Waals surface area contributed by atoms with Gasteiger partial charge >= 0.3 is 11.8 Å². The van der Waals surface area contributed by atoms with Gasteiger partial charge in [-0.3, -0.25) is 9.59 Å². The summed E-state index contributed by atoms with van der Waals surface area (Å²) in [6.45, 7) is 2.43. The largest absolute Gasteiger partial charge is 0.493 e. The first-order chi connectivity index (χ1) is 16.0. The van der Waals surface area contributed by atoms with Crippen LogP contribution in [0.2, 0.25) is 0 Å². The van der Waals surface area contributed by atoms with Gasteiger partial charge in [-0.05, 0) is 65.6 Å². The molecule has 0 aliphatic rings. The smallest absolute Gasteiger partial charge is 0.329 e. The number of hydrogen-bond donors (Lipinski definition) is 2. The number of amides is 2. The van der Waals surface area contributed by atoms with Gasteiger partial charge in [0.25, 0.3) is 0 Å². The van der Waals surface area contributed by atoms with Gasteiger partial charge < -0.3 is 14.8 Å². The number of ether oxygens (including phenoxy) is 2. The Morgan fingerprint density at radius 2 is 1.64 bits per heavy atom. The summed E-state index contributed by atoms with van der Waals surface area (Å²) >= 11 is 3.41. The van der Waals surface area contributed by atoms with Crippen LogP contribution in [0.1, 0.15) is 23.6 Å². The number of carbonyl (C=O) groups excluding carboxylic acids is 2. The van der Waals surface area contributed by atoms with Gasteiger partial charge in [0, 0.05) is 10.2 Å². The summed E-state index contributed by atoms with van der Waals surface area (Å²) in [4.78, 5) is 24.0. The van der Waals surface area contributed by atoms with Crippen LogP contribution in [0, 0.1) is 0 Å². The molecule has 2 amide bonds. The molecule has 0 saturated carbocycles. The zero-order chi connectivity index (χ0) is 23.6. The van der Waals surface area contributed by atoms with Crippen molar-refractivity contribution >= 4 is 39.6 Å². The highest BCUT2D eigenvalue weighted by Crippen LogP contribution is 2.28. The maximum absolute atomic E-state index is 12.0. The number of hydrazone groups is 1. The van der Waals surface area contributed by atoms with Crippen molar-refractivity contribution in [3.8, 4) is 11.5 Å². The van der Waals surface area contributed by atoms with Crippen LogP contribution >= 0.6 is 15.9 Å². The van der Waals surface area contributed by atoms with Crippen molar-refractivity contribution in [3.63, 3.8) is 0 Å². The molecule has 2 N–H and O–H groups in total. The maximum Gasteiger partial charge on any atom is 0.329 e. The molecule has 0 aliphatic heterocycles. The molecule has 0 fully saturated rings. The third kappa shape index (κ3) is 7.18. The van der Waals surface area contributed by atoms with Crippen molar-refractivity contribution in [2.24, 2.45) is 5.10 Å². The van der Waals surface area contributed by atoms with Crippen molar-refractivity contribution < 1.29 is 19.1 Å². The van der Waals surface area contributed by atoms with Crippen LogP contribution in [0.4, 0.5) is 5.69 Å². The fourth-order valence-electron chi connectivity index (χ4n) is 2.85. The average Bonchev–Trinajstić information content (AvgIpc) is 2.84. The molecule has 8 heteroatoms. The van der Waals surface area contributed by atoms with E-state index in [9.17, 15) is 9.59 Å². The Morgan fingerprint density at radius 3 is 2.30 bits per heavy atom. The SMILES string of the molecule is CCc1ccc(NC(=O)C(=O)N/N=C\c2ccc(OCc3ccc(Br)cc3)c(OC)c2)cc1. The Balaban J connectivity index is 1.54. The highest BCUT2D eigenvalue weighted by molar-refractivity contribution is 9.10. The molecule has 0 unspecified atom stereocenters. The molecule has 0 spiro atoms. The molecule has 0 aromatic heterocycles. The van der Waals surface area contributed by atoms with Gasteiger partial charge in [0.1, 0.15) is 6.61 Å². The number of aryl methyl sites for hydroxylation is 1. The quantitative estimate of drug-likeness (QED) is 0.262. The second-order valence-corrected chi connectivity index (χ2v) is 7.94. The lowest BCUT2D eigenvalue weighted by Gasteiger charge is -2.11. The van der Waals surface area contributed by atoms with Crippen LogP contribution in [-0.2, 0) is 22.6 Å². The number of nitrogens with zero attached hydrogens (tertiary/aromatic N) is 1. The van der Waals surface area contributed by atoms with E-state index in [1.54, 1.807) is 37.4 Å². The Morgan fingerprint density at radius 1 is 0.939 bits per heavy atom. The van der Waals surface area contributed by atoms with Crippen molar-refractivity contribution in [1.29, 1.82) is 0 Å². The molecular weight excluding hydrogens is 486 g/mol. The zero-order valence-corrected chi connectivity index (χ0v) is 19.9. The fraction of sp³-hybridized carbons (Fsp3) is 0.160. The third-order valence-electron chi connectivity index (χ3n) is 4.70. The lowest BCUT2D eigenvalue weighted by molar-refractivity contribution is -0.136. The highest BCUT2D eigenvalue weighted by Gasteiger charge is 2.13. The van der Waals surface area contributed by atoms with Crippen molar-refractivity contribution in [2.45, 2.75) is 20.0 Å². The summed E-state index contributed by atoms with van der Waals surface area (Å²) in [6.07, 6.45) is 2.31. The number of anilines is 1. The van der Waals surface area contributed by atoms with E-state index in [-0.39, 0.29) is 0 Å². The molecule has 3 aromatic rings. The Labute approximate surface area is 200 Å². The second kappa shape index (κ2) is 11.8. The van der Waals surface area contributed by atoms with Gasteiger partial charge in [0.15, 0.2) is 11.5 Å². The summed E-state index contributed by atoms with van der Waals surface area (Å²) in [5.74, 6) is -0.566. The third-order valence-corrected chi connectivity index (χ3v) is 5.23. The molecule has 0 aliphatic carbocycles. The number of nitrogens with one attached hydrogen (secondary N) is 2. The van der Waals surface area contributed by atoms with Crippen molar-refractivity contribution in [1.82, 2.24) is 5.43 Å². The van der Waals surface area contributed by atoms with Gasteiger partial charge in [-0.1, -0.05) is 47.1 Å². The Bertz CT molecular complexity index is 1130. The Hall–Kier alpha value is -3.65. The van der Waals surface area contributed by atoms with Gasteiger partial charge in [-0.15, -0.1) is 0 Å². The van der Waals surface area contributed by atoms with E-state index in [1.807, 2.05) is 43.3 Å². The van der Waals surface area contributed by atoms with E-state index in [0.29, 0.717) is 29.4 Å². The molecule has 170 valence electrons. The molecule has 3 rings (SSSR count). The number of carbonyl (C=O) groups is 2. The Kier molecular flexibility index (Phi) is 8.60. The molecule has 0 atom stereocenters. The zero-order valence-electron chi connectivity index (χ0n) is 18.3. The van der Waals surface area contributed by atoms with Crippen LogP contribution in [0.25, 0.3) is 0 Å². The molecular formula is C25H24BrN3O4. The average molecular weight is 510 g/mol. The molecule has 7 nitrogen and oxygen atoms in total. The second-order valence-electron chi connectivity index (χ2n) is 7.03. The van der Waals surface area contributed by atoms with Crippen LogP contribution < -0.4 is 20.2 Å². The van der Waals surface area contributed by atoms with E-state index in [2.05, 4.69) is 31.8 Å². The first kappa shape index (κ1) is 24.0. The first-order valence-electron chi connectivity index (χ1n) is 10.3. The van der Waals surface area contributed by atoms with E-state index in [4.69, 9.17) is 9.47 Å². The number of rotatable bonds is 8. The standard InChI is InChI=1S/C25H24BrN3O4/c1-3-17-6-11-21(12-7-17)28-24(30)25(31)29-27-15-19-8-13-22(23(14-19)32-2)33-16-18-4-9-20(26)10-5-18/h4-15H,3,16H2,1-2H3,(H,28,30)(H,29,31)/b27-15-. The number of halogens is 1. The van der Waals surface area contributed by atoms with Gasteiger partial charge in [0.2, 0.25) is 0 Å². The summed E-state index contributed by atoms with van der Waals surface area (Å²) in [6, 6.07) is 20.4. The topological polar surface area (TPSA) is 89.0 Å². The molecule has 0 saturated heterocycles. The van der Waals surface area contributed by atoms with Crippen LogP contribution in [0.5, 0.6) is 11.5 Å². The monoisotopic (exact) mass is 509 g/mol. The summed E-state index contributed by atoms with van der Waals surface area (Å²) < 4.78 is 12.2. The predicted octanol–water partition coefficient (Wildman–Crippen LogP) is 4.69. The fourth-order valence-corrected chi connectivity index (χ4v) is 3.12. The normalized spacial score (nSPS) is 10.6. The minimum absolute atomic E-state index is 0.392. The summed E-state index contributed by atoms with van der Waals surface area (Å²) in [5.41, 5.74) is 5.59. The number of methoxy groups -OCH3 is 1. The highest BCUT2D eigenvalue weighted by atomic mass is 79.9. The maximum atomic E-state index is 12.0. The predicted molar refractivity (Wildman–Crippen MR) is 132 cm³/mol. The van der Waals surface area contributed by atoms with Crippen molar-refractivity contribution in [2.75, 3.05) is 12.4 Å². The van der Waals surface area contributed by atoms with E-state index in [0.717, 1.165) is 22.0 Å². The molecule has 0 heterocycles. The minimum atomic E-state index is -0.868.